The summed E-state index contributed by atoms with van der Waals surface area (Å²) in [6, 6.07) is 4.30. The van der Waals surface area contributed by atoms with Crippen LogP contribution in [0, 0.1) is 10.1 Å². The maximum atomic E-state index is 10.3. The largest absolute Gasteiger partial charge is 1.00 e. The fourth-order valence-corrected chi connectivity index (χ4v) is 0.847. The van der Waals surface area contributed by atoms with E-state index < -0.39 is 4.92 Å². The molecular formula is C7H9ClN2O3. The fraction of sp³-hybridized carbons (Fsp3) is 0.143. The predicted octanol–water partition coefficient (Wildman–Crippen LogP) is -2.52. The molecule has 72 valence electrons. The Hall–Kier alpha value is -1.33. The summed E-state index contributed by atoms with van der Waals surface area (Å²) in [6.07, 6.45) is 0. The van der Waals surface area contributed by atoms with Crippen molar-refractivity contribution in [1.82, 2.24) is 0 Å². The molecule has 0 saturated heterocycles. The zero-order valence-corrected chi connectivity index (χ0v) is 7.75. The van der Waals surface area contributed by atoms with E-state index in [4.69, 9.17) is 4.74 Å². The van der Waals surface area contributed by atoms with Crippen LogP contribution in [0.25, 0.3) is 0 Å². The minimum absolute atomic E-state index is 0. The molecule has 0 fully saturated rings. The number of nitrogens with zero attached hydrogens (tertiary/aromatic N) is 1. The number of hydrogen-bond donors (Lipinski definition) is 1. The van der Waals surface area contributed by atoms with Crippen molar-refractivity contribution in [2.24, 2.45) is 0 Å². The molecule has 1 aromatic carbocycles. The van der Waals surface area contributed by atoms with Gasteiger partial charge in [-0.05, 0) is 0 Å². The van der Waals surface area contributed by atoms with Gasteiger partial charge < -0.3 is 22.9 Å². The van der Waals surface area contributed by atoms with Crippen LogP contribution in [0.15, 0.2) is 18.2 Å². The fourth-order valence-electron chi connectivity index (χ4n) is 0.847. The van der Waals surface area contributed by atoms with E-state index in [2.05, 4.69) is 5.73 Å². The van der Waals surface area contributed by atoms with Crippen molar-refractivity contribution < 1.29 is 27.8 Å². The number of ether oxygens (including phenoxy) is 1. The molecule has 5 nitrogen and oxygen atoms in total. The molecule has 0 bridgehead atoms. The Morgan fingerprint density at radius 3 is 2.62 bits per heavy atom. The standard InChI is InChI=1S/C7H8N2O3.ClH/c1-12-7-4-5(9(10)11)2-3-6(7)8;/h2-4H,8H2,1H3;1H. The van der Waals surface area contributed by atoms with Crippen molar-refractivity contribution in [2.75, 3.05) is 7.11 Å². The highest BCUT2D eigenvalue weighted by atomic mass is 35.5. The molecule has 1 aromatic rings. The van der Waals surface area contributed by atoms with E-state index in [0.717, 1.165) is 0 Å². The van der Waals surface area contributed by atoms with Gasteiger partial charge in [-0.15, -0.1) is 0 Å². The van der Waals surface area contributed by atoms with Crippen molar-refractivity contribution in [3.63, 3.8) is 0 Å². The Bertz CT molecular complexity index is 317. The summed E-state index contributed by atoms with van der Waals surface area (Å²) in [7, 11) is 1.45. The lowest BCUT2D eigenvalue weighted by atomic mass is 10.2. The predicted molar refractivity (Wildman–Crippen MR) is 42.2 cm³/mol. The average Bonchev–Trinajstić information content (AvgIpc) is 2.05. The molecule has 0 amide bonds. The topological polar surface area (TPSA) is 80.0 Å². The number of non-ortho nitro benzene ring substituents is 1. The number of nitro groups is 1. The van der Waals surface area contributed by atoms with E-state index in [-0.39, 0.29) is 18.1 Å². The first kappa shape index (κ1) is 11.7. The first-order chi connectivity index (χ1) is 5.65. The Morgan fingerprint density at radius 1 is 1.54 bits per heavy atom. The number of quaternary nitrogens is 1. The molecule has 0 aliphatic carbocycles. The van der Waals surface area contributed by atoms with E-state index in [1.54, 1.807) is 6.07 Å². The molecule has 1 rings (SSSR count). The molecule has 0 aliphatic heterocycles. The molecule has 6 heteroatoms. The Labute approximate surface area is 81.1 Å². The lowest BCUT2D eigenvalue weighted by Crippen LogP contribution is -3.00. The number of benzene rings is 1. The Kier molecular flexibility index (Phi) is 4.16. The summed E-state index contributed by atoms with van der Waals surface area (Å²) < 4.78 is 4.87. The van der Waals surface area contributed by atoms with Crippen molar-refractivity contribution in [3.05, 3.63) is 28.3 Å². The van der Waals surface area contributed by atoms with Crippen molar-refractivity contribution in [2.45, 2.75) is 0 Å². The van der Waals surface area contributed by atoms with Crippen LogP contribution in [0.3, 0.4) is 0 Å². The molecule has 13 heavy (non-hydrogen) atoms. The maximum Gasteiger partial charge on any atom is 0.273 e. The molecule has 0 unspecified atom stereocenters. The highest BCUT2D eigenvalue weighted by Gasteiger charge is 2.10. The van der Waals surface area contributed by atoms with Gasteiger partial charge in [0.05, 0.1) is 18.1 Å². The third-order valence-corrected chi connectivity index (χ3v) is 1.48. The summed E-state index contributed by atoms with van der Waals surface area (Å²) in [6.45, 7) is 0. The average molecular weight is 205 g/mol. The number of halogens is 1. The molecule has 0 radical (unpaired) electrons. The Balaban J connectivity index is 0.00000144. The Morgan fingerprint density at radius 2 is 2.15 bits per heavy atom. The molecule has 0 aromatic heterocycles. The van der Waals surface area contributed by atoms with Crippen LogP contribution in [-0.2, 0) is 0 Å². The van der Waals surface area contributed by atoms with Crippen LogP contribution >= 0.6 is 0 Å². The van der Waals surface area contributed by atoms with Gasteiger partial charge in [0.25, 0.3) is 5.69 Å². The van der Waals surface area contributed by atoms with E-state index in [1.807, 2.05) is 0 Å². The van der Waals surface area contributed by atoms with Crippen LogP contribution in [0.4, 0.5) is 11.4 Å². The van der Waals surface area contributed by atoms with Crippen molar-refractivity contribution in [1.29, 1.82) is 0 Å². The lowest BCUT2D eigenvalue weighted by molar-refractivity contribution is -0.385. The highest BCUT2D eigenvalue weighted by molar-refractivity contribution is 5.51. The molecule has 0 heterocycles. The molecule has 3 N–H and O–H groups in total. The molecule has 0 aliphatic rings. The third kappa shape index (κ3) is 2.57. The number of nitro benzene ring substituents is 1. The number of methoxy groups -OCH3 is 1. The van der Waals surface area contributed by atoms with E-state index in [9.17, 15) is 10.1 Å². The van der Waals surface area contributed by atoms with Gasteiger partial charge in [0, 0.05) is 12.1 Å². The van der Waals surface area contributed by atoms with Gasteiger partial charge in [-0.25, -0.2) is 0 Å². The van der Waals surface area contributed by atoms with Crippen LogP contribution < -0.4 is 22.9 Å². The van der Waals surface area contributed by atoms with E-state index >= 15 is 0 Å². The van der Waals surface area contributed by atoms with E-state index in [1.165, 1.54) is 19.2 Å². The summed E-state index contributed by atoms with van der Waals surface area (Å²) in [5.74, 6) is 0.434. The summed E-state index contributed by atoms with van der Waals surface area (Å²) in [5, 5.41) is 10.3. The van der Waals surface area contributed by atoms with Gasteiger partial charge in [0.1, 0.15) is 0 Å². The highest BCUT2D eigenvalue weighted by Crippen LogP contribution is 2.24. The second-order valence-corrected chi connectivity index (χ2v) is 2.25. The first-order valence-corrected chi connectivity index (χ1v) is 3.29. The third-order valence-electron chi connectivity index (χ3n) is 1.48. The van der Waals surface area contributed by atoms with Crippen molar-refractivity contribution >= 4 is 11.4 Å². The minimum Gasteiger partial charge on any atom is -1.00 e. The van der Waals surface area contributed by atoms with Crippen LogP contribution in [0.1, 0.15) is 0 Å². The second-order valence-electron chi connectivity index (χ2n) is 2.25. The summed E-state index contributed by atoms with van der Waals surface area (Å²) in [4.78, 5) is 9.84. The zero-order chi connectivity index (χ0) is 9.14. The summed E-state index contributed by atoms with van der Waals surface area (Å²) >= 11 is 0. The van der Waals surface area contributed by atoms with Gasteiger partial charge >= 0.3 is 0 Å². The van der Waals surface area contributed by atoms with Crippen LogP contribution in [-0.4, -0.2) is 12.0 Å². The monoisotopic (exact) mass is 204 g/mol. The van der Waals surface area contributed by atoms with Gasteiger partial charge in [-0.2, -0.15) is 0 Å². The van der Waals surface area contributed by atoms with Crippen LogP contribution in [0.5, 0.6) is 5.75 Å². The molecule has 0 atom stereocenters. The number of hydrogen-bond acceptors (Lipinski definition) is 3. The van der Waals surface area contributed by atoms with Gasteiger partial charge in [0.15, 0.2) is 11.4 Å². The summed E-state index contributed by atoms with van der Waals surface area (Å²) in [5.41, 5.74) is 4.30. The molecule has 0 spiro atoms. The first-order valence-electron chi connectivity index (χ1n) is 3.29. The molecular weight excluding hydrogens is 196 g/mol. The van der Waals surface area contributed by atoms with Crippen molar-refractivity contribution in [3.8, 4) is 5.75 Å². The minimum atomic E-state index is -0.470. The lowest BCUT2D eigenvalue weighted by Gasteiger charge is -1.99. The molecule has 0 saturated carbocycles. The smallest absolute Gasteiger partial charge is 0.273 e. The second kappa shape index (κ2) is 4.64. The van der Waals surface area contributed by atoms with Gasteiger partial charge in [-0.3, -0.25) is 10.1 Å². The normalized spacial score (nSPS) is 8.77. The SMILES string of the molecule is COc1cc([N+](=O)[O-])ccc1[NH3+].[Cl-]. The number of rotatable bonds is 2. The van der Waals surface area contributed by atoms with Crippen LogP contribution in [0.2, 0.25) is 0 Å². The zero-order valence-electron chi connectivity index (χ0n) is 6.99. The van der Waals surface area contributed by atoms with E-state index in [0.29, 0.717) is 11.4 Å². The van der Waals surface area contributed by atoms with Gasteiger partial charge in [0.2, 0.25) is 0 Å². The maximum absolute atomic E-state index is 10.3. The quantitative estimate of drug-likeness (QED) is 0.427. The van der Waals surface area contributed by atoms with Gasteiger partial charge in [-0.1, -0.05) is 0 Å².